The largest absolute Gasteiger partial charge is 0.497 e. The Kier molecular flexibility index (Phi) is 3.33. The predicted molar refractivity (Wildman–Crippen MR) is 70.8 cm³/mol. The van der Waals surface area contributed by atoms with E-state index < -0.39 is 12.0 Å². The van der Waals surface area contributed by atoms with Gasteiger partial charge in [0.1, 0.15) is 11.8 Å². The second-order valence-corrected chi connectivity index (χ2v) is 4.48. The molecule has 0 aliphatic carbocycles. The maximum atomic E-state index is 12.2. The molecule has 0 spiro atoms. The summed E-state index contributed by atoms with van der Waals surface area (Å²) < 4.78 is 5.16. The summed E-state index contributed by atoms with van der Waals surface area (Å²) in [7, 11) is 4.93. The Morgan fingerprint density at radius 2 is 2.05 bits per heavy atom. The fourth-order valence-electron chi connectivity index (χ4n) is 2.26. The highest BCUT2D eigenvalue weighted by molar-refractivity contribution is 6.06. The van der Waals surface area contributed by atoms with Crippen LogP contribution in [0.5, 0.6) is 5.75 Å². The first-order chi connectivity index (χ1) is 8.95. The summed E-state index contributed by atoms with van der Waals surface area (Å²) in [5.74, 6) is -0.546. The van der Waals surface area contributed by atoms with Gasteiger partial charge in [-0.1, -0.05) is 0 Å². The zero-order chi connectivity index (χ0) is 14.2. The minimum Gasteiger partial charge on any atom is -0.497 e. The summed E-state index contributed by atoms with van der Waals surface area (Å²) in [6.45, 7) is 0. The minimum atomic E-state index is -0.995. The van der Waals surface area contributed by atoms with Crippen molar-refractivity contribution in [2.24, 2.45) is 0 Å². The summed E-state index contributed by atoms with van der Waals surface area (Å²) in [4.78, 5) is 26.2. The molecule has 1 atom stereocenters. The maximum absolute atomic E-state index is 12.2. The average Bonchev–Trinajstić information content (AvgIpc) is 2.40. The number of rotatable bonds is 3. The van der Waals surface area contributed by atoms with Crippen molar-refractivity contribution in [2.75, 3.05) is 31.0 Å². The number of amides is 1. The second-order valence-electron chi connectivity index (χ2n) is 4.48. The molecule has 19 heavy (non-hydrogen) atoms. The number of hydrogen-bond acceptors (Lipinski definition) is 4. The molecule has 0 fully saturated rings. The van der Waals surface area contributed by atoms with E-state index >= 15 is 0 Å². The van der Waals surface area contributed by atoms with Gasteiger partial charge in [0, 0.05) is 20.2 Å². The Balaban J connectivity index is 2.46. The molecule has 1 aromatic carbocycles. The van der Waals surface area contributed by atoms with Gasteiger partial charge in [0.15, 0.2) is 0 Å². The summed E-state index contributed by atoms with van der Waals surface area (Å²) >= 11 is 0. The summed E-state index contributed by atoms with van der Waals surface area (Å²) in [6, 6.07) is 4.67. The normalized spacial score (nSPS) is 18.3. The number of carbonyl (C=O) groups is 2. The Morgan fingerprint density at radius 3 is 2.63 bits per heavy atom. The summed E-state index contributed by atoms with van der Waals surface area (Å²) in [5, 5.41) is 8.91. The standard InChI is InChI=1S/C13H16N2O4/c1-14-10-6-8(19-3)4-5-9(10)15(2)13(18)11(14)7-12(16)17/h4-6,11H,7H2,1-3H3,(H,16,17). The van der Waals surface area contributed by atoms with Gasteiger partial charge >= 0.3 is 5.97 Å². The summed E-state index contributed by atoms with van der Waals surface area (Å²) in [5.41, 5.74) is 1.53. The third kappa shape index (κ3) is 2.21. The van der Waals surface area contributed by atoms with Gasteiger partial charge in [-0.15, -0.1) is 0 Å². The van der Waals surface area contributed by atoms with E-state index in [9.17, 15) is 9.59 Å². The Hall–Kier alpha value is -2.24. The van der Waals surface area contributed by atoms with Crippen LogP contribution in [-0.2, 0) is 9.59 Å². The third-order valence-electron chi connectivity index (χ3n) is 3.38. The molecule has 1 N–H and O–H groups in total. The topological polar surface area (TPSA) is 70.1 Å². The lowest BCUT2D eigenvalue weighted by atomic mass is 10.0. The lowest BCUT2D eigenvalue weighted by Gasteiger charge is -2.39. The lowest BCUT2D eigenvalue weighted by Crippen LogP contribution is -2.51. The molecule has 1 unspecified atom stereocenters. The van der Waals surface area contributed by atoms with E-state index in [-0.39, 0.29) is 12.3 Å². The number of likely N-dealkylation sites (N-methyl/N-ethyl adjacent to an activating group) is 2. The van der Waals surface area contributed by atoms with Gasteiger partial charge in [0.05, 0.1) is 24.9 Å². The molecule has 102 valence electrons. The van der Waals surface area contributed by atoms with Crippen LogP contribution >= 0.6 is 0 Å². The number of fused-ring (bicyclic) bond motifs is 1. The fourth-order valence-corrected chi connectivity index (χ4v) is 2.26. The molecule has 6 nitrogen and oxygen atoms in total. The average molecular weight is 264 g/mol. The van der Waals surface area contributed by atoms with Gasteiger partial charge in [0.2, 0.25) is 5.91 Å². The molecule has 0 saturated carbocycles. The summed E-state index contributed by atoms with van der Waals surface area (Å²) in [6.07, 6.45) is -0.226. The third-order valence-corrected chi connectivity index (χ3v) is 3.38. The molecule has 1 aliphatic heterocycles. The molecular weight excluding hydrogens is 248 g/mol. The molecule has 0 bridgehead atoms. The van der Waals surface area contributed by atoms with Crippen LogP contribution < -0.4 is 14.5 Å². The van der Waals surface area contributed by atoms with Crippen LogP contribution in [0.25, 0.3) is 0 Å². The van der Waals surface area contributed by atoms with Crippen LogP contribution in [0.15, 0.2) is 18.2 Å². The second kappa shape index (κ2) is 4.79. The number of carboxylic acid groups (broad SMARTS) is 1. The van der Waals surface area contributed by atoms with Crippen molar-refractivity contribution >= 4 is 23.3 Å². The van der Waals surface area contributed by atoms with Crippen molar-refractivity contribution < 1.29 is 19.4 Å². The van der Waals surface area contributed by atoms with Crippen molar-refractivity contribution in [1.29, 1.82) is 0 Å². The van der Waals surface area contributed by atoms with Crippen molar-refractivity contribution in [3.05, 3.63) is 18.2 Å². The Labute approximate surface area is 111 Å². The van der Waals surface area contributed by atoms with Crippen molar-refractivity contribution in [3.63, 3.8) is 0 Å². The van der Waals surface area contributed by atoms with Crippen molar-refractivity contribution in [3.8, 4) is 5.75 Å². The van der Waals surface area contributed by atoms with Gasteiger partial charge in [-0.2, -0.15) is 0 Å². The van der Waals surface area contributed by atoms with Crippen molar-refractivity contribution in [1.82, 2.24) is 0 Å². The first-order valence-electron chi connectivity index (χ1n) is 5.86. The van der Waals surface area contributed by atoms with Crippen LogP contribution in [-0.4, -0.2) is 44.2 Å². The van der Waals surface area contributed by atoms with Crippen LogP contribution in [0, 0.1) is 0 Å². The number of methoxy groups -OCH3 is 1. The number of nitrogens with zero attached hydrogens (tertiary/aromatic N) is 2. The Morgan fingerprint density at radius 1 is 1.37 bits per heavy atom. The number of carboxylic acids is 1. The zero-order valence-corrected chi connectivity index (χ0v) is 11.1. The fraction of sp³-hybridized carbons (Fsp3) is 0.385. The first kappa shape index (κ1) is 13.2. The SMILES string of the molecule is COc1ccc2c(c1)N(C)C(CC(=O)O)C(=O)N2C. The van der Waals surface area contributed by atoms with Gasteiger partial charge < -0.3 is 19.6 Å². The highest BCUT2D eigenvalue weighted by Gasteiger charge is 2.36. The zero-order valence-electron chi connectivity index (χ0n) is 11.1. The highest BCUT2D eigenvalue weighted by Crippen LogP contribution is 2.37. The maximum Gasteiger partial charge on any atom is 0.305 e. The first-order valence-corrected chi connectivity index (χ1v) is 5.86. The number of hydrogen-bond donors (Lipinski definition) is 1. The molecule has 0 aromatic heterocycles. The van der Waals surface area contributed by atoms with Gasteiger partial charge in [0.25, 0.3) is 0 Å². The molecule has 0 radical (unpaired) electrons. The molecular formula is C13H16N2O4. The van der Waals surface area contributed by atoms with E-state index in [0.29, 0.717) is 5.75 Å². The monoisotopic (exact) mass is 264 g/mol. The molecule has 1 aromatic rings. The van der Waals surface area contributed by atoms with Gasteiger partial charge in [-0.25, -0.2) is 0 Å². The quantitative estimate of drug-likeness (QED) is 0.880. The van der Waals surface area contributed by atoms with Crippen LogP contribution in [0.2, 0.25) is 0 Å². The van der Waals surface area contributed by atoms with E-state index in [1.165, 1.54) is 4.90 Å². The molecule has 1 heterocycles. The molecule has 6 heteroatoms. The van der Waals surface area contributed by atoms with Crippen LogP contribution in [0.4, 0.5) is 11.4 Å². The molecule has 2 rings (SSSR count). The van der Waals surface area contributed by atoms with E-state index in [0.717, 1.165) is 11.4 Å². The minimum absolute atomic E-state index is 0.220. The number of ether oxygens (including phenoxy) is 1. The van der Waals surface area contributed by atoms with E-state index in [2.05, 4.69) is 0 Å². The lowest BCUT2D eigenvalue weighted by molar-refractivity contribution is -0.139. The number of aliphatic carboxylic acids is 1. The number of benzene rings is 1. The van der Waals surface area contributed by atoms with Crippen LogP contribution in [0.3, 0.4) is 0 Å². The molecule has 1 aliphatic rings. The number of anilines is 2. The smallest absolute Gasteiger partial charge is 0.305 e. The van der Waals surface area contributed by atoms with E-state index in [4.69, 9.17) is 9.84 Å². The molecule has 0 saturated heterocycles. The van der Waals surface area contributed by atoms with Crippen LogP contribution in [0.1, 0.15) is 6.42 Å². The Bertz CT molecular complexity index is 529. The van der Waals surface area contributed by atoms with E-state index in [1.54, 1.807) is 44.3 Å². The number of carbonyl (C=O) groups excluding carboxylic acids is 1. The van der Waals surface area contributed by atoms with Crippen molar-refractivity contribution in [2.45, 2.75) is 12.5 Å². The van der Waals surface area contributed by atoms with Gasteiger partial charge in [-0.05, 0) is 12.1 Å². The molecule has 1 amide bonds. The predicted octanol–water partition coefficient (Wildman–Crippen LogP) is 0.951. The van der Waals surface area contributed by atoms with E-state index in [1.807, 2.05) is 0 Å². The highest BCUT2D eigenvalue weighted by atomic mass is 16.5. The van der Waals surface area contributed by atoms with Gasteiger partial charge in [-0.3, -0.25) is 9.59 Å².